The van der Waals surface area contributed by atoms with Gasteiger partial charge in [0.15, 0.2) is 0 Å². The summed E-state index contributed by atoms with van der Waals surface area (Å²) < 4.78 is 1.76. The molecule has 0 aliphatic carbocycles. The van der Waals surface area contributed by atoms with Crippen LogP contribution in [-0.4, -0.2) is 20.7 Å². The standard InChI is InChI=1S/C28H24N6OS/c1-18-8-6-7-11-23(18)31-26(35)24-19(2)30-27-32-28(36-17-21-9-4-3-5-10-21)33-34(27)25(24)22-14-12-20(16-29)13-15-22/h3-15,25H,17H2,1-2H3,(H,31,35)(H,30,32,33)/t25-/m0/s1. The molecule has 0 saturated heterocycles. The van der Waals surface area contributed by atoms with Crippen molar-refractivity contribution < 1.29 is 4.79 Å². The number of para-hydroxylation sites is 1. The van der Waals surface area contributed by atoms with Gasteiger partial charge in [0.2, 0.25) is 11.1 Å². The average molecular weight is 493 g/mol. The number of fused-ring (bicyclic) bond motifs is 1. The number of nitrogens with one attached hydrogen (secondary N) is 2. The fraction of sp³-hybridized carbons (Fsp3) is 0.143. The molecule has 1 atom stereocenters. The molecule has 0 saturated carbocycles. The van der Waals surface area contributed by atoms with E-state index in [-0.39, 0.29) is 5.91 Å². The minimum absolute atomic E-state index is 0.219. The van der Waals surface area contributed by atoms with Crippen LogP contribution in [0.2, 0.25) is 0 Å². The van der Waals surface area contributed by atoms with Crippen LogP contribution in [0.15, 0.2) is 95.3 Å². The lowest BCUT2D eigenvalue weighted by molar-refractivity contribution is -0.113. The largest absolute Gasteiger partial charge is 0.328 e. The zero-order chi connectivity index (χ0) is 25.1. The van der Waals surface area contributed by atoms with Gasteiger partial charge in [0.25, 0.3) is 5.91 Å². The highest BCUT2D eigenvalue weighted by molar-refractivity contribution is 7.98. The van der Waals surface area contributed by atoms with E-state index in [1.165, 1.54) is 5.56 Å². The maximum atomic E-state index is 13.6. The van der Waals surface area contributed by atoms with Crippen molar-refractivity contribution in [1.29, 1.82) is 5.26 Å². The lowest BCUT2D eigenvalue weighted by Gasteiger charge is -2.28. The fourth-order valence-corrected chi connectivity index (χ4v) is 4.94. The number of anilines is 2. The minimum atomic E-state index is -0.503. The van der Waals surface area contributed by atoms with Gasteiger partial charge in [0.05, 0.1) is 17.2 Å². The number of carbonyl (C=O) groups is 1. The summed E-state index contributed by atoms with van der Waals surface area (Å²) in [5, 5.41) is 21.0. The molecule has 1 aliphatic heterocycles. The molecule has 1 aromatic heterocycles. The number of carbonyl (C=O) groups excluding carboxylic acids is 1. The van der Waals surface area contributed by atoms with E-state index in [2.05, 4.69) is 28.8 Å². The number of hydrogen-bond acceptors (Lipinski definition) is 6. The van der Waals surface area contributed by atoms with Gasteiger partial charge in [-0.1, -0.05) is 72.4 Å². The summed E-state index contributed by atoms with van der Waals surface area (Å²) in [6.07, 6.45) is 0. The number of rotatable bonds is 6. The van der Waals surface area contributed by atoms with Gasteiger partial charge in [-0.15, -0.1) is 5.10 Å². The molecule has 0 spiro atoms. The van der Waals surface area contributed by atoms with Crippen molar-refractivity contribution >= 4 is 29.3 Å². The van der Waals surface area contributed by atoms with Crippen LogP contribution >= 0.6 is 11.8 Å². The van der Waals surface area contributed by atoms with E-state index in [0.29, 0.717) is 27.9 Å². The molecular weight excluding hydrogens is 468 g/mol. The van der Waals surface area contributed by atoms with E-state index in [1.807, 2.05) is 68.4 Å². The summed E-state index contributed by atoms with van der Waals surface area (Å²) in [5.74, 6) is 1.09. The molecule has 178 valence electrons. The Bertz CT molecular complexity index is 1480. The molecule has 7 nitrogen and oxygen atoms in total. The molecule has 2 N–H and O–H groups in total. The van der Waals surface area contributed by atoms with Gasteiger partial charge < -0.3 is 10.6 Å². The average Bonchev–Trinajstić information content (AvgIpc) is 3.31. The summed E-state index contributed by atoms with van der Waals surface area (Å²) >= 11 is 1.54. The highest BCUT2D eigenvalue weighted by atomic mass is 32.2. The molecule has 1 amide bonds. The molecular formula is C28H24N6OS. The first-order valence-electron chi connectivity index (χ1n) is 11.5. The number of aromatic nitrogens is 3. The highest BCUT2D eigenvalue weighted by Crippen LogP contribution is 2.37. The van der Waals surface area contributed by atoms with Crippen LogP contribution in [0, 0.1) is 18.3 Å². The zero-order valence-corrected chi connectivity index (χ0v) is 20.7. The topological polar surface area (TPSA) is 95.6 Å². The first kappa shape index (κ1) is 23.4. The second kappa shape index (κ2) is 10.1. The summed E-state index contributed by atoms with van der Waals surface area (Å²) in [6, 6.07) is 26.7. The third-order valence-corrected chi connectivity index (χ3v) is 6.95. The van der Waals surface area contributed by atoms with Crippen molar-refractivity contribution in [3.63, 3.8) is 0 Å². The Morgan fingerprint density at radius 3 is 2.50 bits per heavy atom. The van der Waals surface area contributed by atoms with Crippen molar-refractivity contribution in [3.8, 4) is 6.07 Å². The van der Waals surface area contributed by atoms with E-state index < -0.39 is 6.04 Å². The third kappa shape index (κ3) is 4.74. The van der Waals surface area contributed by atoms with Crippen LogP contribution in [0.4, 0.5) is 11.6 Å². The Labute approximate surface area is 213 Å². The number of thioether (sulfide) groups is 1. The summed E-state index contributed by atoms with van der Waals surface area (Å²) in [4.78, 5) is 18.3. The summed E-state index contributed by atoms with van der Waals surface area (Å²) in [6.45, 7) is 3.83. The first-order valence-corrected chi connectivity index (χ1v) is 12.5. The number of nitrogens with zero attached hydrogens (tertiary/aromatic N) is 4. The predicted octanol–water partition coefficient (Wildman–Crippen LogP) is 5.68. The molecule has 4 aromatic rings. The van der Waals surface area contributed by atoms with Crippen molar-refractivity contribution in [2.75, 3.05) is 10.6 Å². The molecule has 0 bridgehead atoms. The van der Waals surface area contributed by atoms with Gasteiger partial charge in [0.1, 0.15) is 6.04 Å². The molecule has 36 heavy (non-hydrogen) atoms. The van der Waals surface area contributed by atoms with E-state index in [4.69, 9.17) is 10.1 Å². The third-order valence-electron chi connectivity index (χ3n) is 6.04. The van der Waals surface area contributed by atoms with Crippen molar-refractivity contribution in [2.45, 2.75) is 30.8 Å². The van der Waals surface area contributed by atoms with Crippen LogP contribution in [0.25, 0.3) is 0 Å². The van der Waals surface area contributed by atoms with E-state index in [1.54, 1.807) is 28.6 Å². The second-order valence-corrected chi connectivity index (χ2v) is 9.45. The summed E-state index contributed by atoms with van der Waals surface area (Å²) in [5.41, 5.74) is 5.55. The first-order chi connectivity index (χ1) is 17.5. The Hall–Kier alpha value is -4.35. The van der Waals surface area contributed by atoms with Crippen molar-refractivity contribution in [2.24, 2.45) is 0 Å². The Balaban J connectivity index is 1.51. The maximum absolute atomic E-state index is 13.6. The summed E-state index contributed by atoms with van der Waals surface area (Å²) in [7, 11) is 0. The lowest BCUT2D eigenvalue weighted by atomic mass is 9.94. The fourth-order valence-electron chi connectivity index (χ4n) is 4.16. The monoisotopic (exact) mass is 492 g/mol. The van der Waals surface area contributed by atoms with Gasteiger partial charge >= 0.3 is 0 Å². The van der Waals surface area contributed by atoms with Gasteiger partial charge in [0, 0.05) is 17.1 Å². The zero-order valence-electron chi connectivity index (χ0n) is 19.9. The molecule has 1 aliphatic rings. The quantitative estimate of drug-likeness (QED) is 0.336. The Kier molecular flexibility index (Phi) is 6.56. The molecule has 2 heterocycles. The SMILES string of the molecule is CC1=C(C(=O)Nc2ccccc2C)[C@H](c2ccc(C#N)cc2)n2nc(SCc3ccccc3)nc2N1. The normalized spacial score (nSPS) is 14.5. The van der Waals surface area contributed by atoms with Crippen molar-refractivity contribution in [3.05, 3.63) is 112 Å². The van der Waals surface area contributed by atoms with Crippen LogP contribution in [0.3, 0.4) is 0 Å². The Morgan fingerprint density at radius 2 is 1.78 bits per heavy atom. The van der Waals surface area contributed by atoms with E-state index in [9.17, 15) is 10.1 Å². The molecule has 0 fully saturated rings. The molecule has 0 unspecified atom stereocenters. The minimum Gasteiger partial charge on any atom is -0.328 e. The predicted molar refractivity (Wildman–Crippen MR) is 141 cm³/mol. The number of aryl methyl sites for hydroxylation is 1. The molecule has 8 heteroatoms. The highest BCUT2D eigenvalue weighted by Gasteiger charge is 2.34. The second-order valence-electron chi connectivity index (χ2n) is 8.51. The smallest absolute Gasteiger partial charge is 0.255 e. The Morgan fingerprint density at radius 1 is 1.06 bits per heavy atom. The molecule has 0 radical (unpaired) electrons. The number of amides is 1. The number of nitriles is 1. The van der Waals surface area contributed by atoms with Gasteiger partial charge in [-0.05, 0) is 48.7 Å². The molecule has 3 aromatic carbocycles. The molecule has 5 rings (SSSR count). The van der Waals surface area contributed by atoms with Gasteiger partial charge in [-0.25, -0.2) is 4.68 Å². The van der Waals surface area contributed by atoms with Crippen LogP contribution in [0.1, 0.15) is 35.2 Å². The van der Waals surface area contributed by atoms with Gasteiger partial charge in [-0.3, -0.25) is 4.79 Å². The maximum Gasteiger partial charge on any atom is 0.255 e. The number of benzene rings is 3. The van der Waals surface area contributed by atoms with E-state index in [0.717, 1.165) is 22.6 Å². The van der Waals surface area contributed by atoms with E-state index >= 15 is 0 Å². The lowest BCUT2D eigenvalue weighted by Crippen LogP contribution is -2.31. The van der Waals surface area contributed by atoms with Crippen molar-refractivity contribution in [1.82, 2.24) is 14.8 Å². The van der Waals surface area contributed by atoms with Crippen LogP contribution in [0.5, 0.6) is 0 Å². The van der Waals surface area contributed by atoms with Gasteiger partial charge in [-0.2, -0.15) is 10.2 Å². The number of hydrogen-bond donors (Lipinski definition) is 2. The van der Waals surface area contributed by atoms with Crippen LogP contribution in [-0.2, 0) is 10.5 Å². The van der Waals surface area contributed by atoms with Crippen LogP contribution < -0.4 is 10.6 Å². The number of allylic oxidation sites excluding steroid dienone is 1.